The van der Waals surface area contributed by atoms with Crippen molar-refractivity contribution < 1.29 is 24.3 Å². The maximum atomic E-state index is 11.3. The van der Waals surface area contributed by atoms with Gasteiger partial charge in [-0.05, 0) is 39.5 Å². The first-order valence-corrected chi connectivity index (χ1v) is 6.47. The van der Waals surface area contributed by atoms with E-state index in [0.29, 0.717) is 12.3 Å². The van der Waals surface area contributed by atoms with Gasteiger partial charge in [-0.2, -0.15) is 0 Å². The van der Waals surface area contributed by atoms with Crippen molar-refractivity contribution in [2.75, 3.05) is 0 Å². The van der Waals surface area contributed by atoms with E-state index in [1.54, 1.807) is 20.8 Å². The number of hydrogen-bond donors (Lipinski definition) is 2. The second-order valence-electron chi connectivity index (χ2n) is 5.91. The zero-order valence-electron chi connectivity index (χ0n) is 12.4. The Hall–Kier alpha value is -1.30. The van der Waals surface area contributed by atoms with Crippen LogP contribution in [0, 0.1) is 5.92 Å². The lowest BCUT2D eigenvalue weighted by Crippen LogP contribution is -2.34. The second-order valence-corrected chi connectivity index (χ2v) is 5.91. The van der Waals surface area contributed by atoms with Crippen molar-refractivity contribution in [3.63, 3.8) is 0 Å². The van der Waals surface area contributed by atoms with E-state index in [0.717, 1.165) is 6.42 Å². The maximum Gasteiger partial charge on any atom is 0.441 e. The monoisotopic (exact) mass is 275 g/mol. The van der Waals surface area contributed by atoms with E-state index in [4.69, 9.17) is 4.74 Å². The number of nitrogens with one attached hydrogen (secondary N) is 1. The van der Waals surface area contributed by atoms with Gasteiger partial charge in [0, 0.05) is 0 Å². The SMILES string of the molecule is CC(C)CC[C@H](O)CC(=O)ONC(=O)OC(C)(C)C. The molecule has 6 nitrogen and oxygen atoms in total. The minimum Gasteiger partial charge on any atom is -0.442 e. The third-order valence-electron chi connectivity index (χ3n) is 2.13. The summed E-state index contributed by atoms with van der Waals surface area (Å²) in [6.45, 7) is 9.17. The van der Waals surface area contributed by atoms with Crippen molar-refractivity contribution in [1.29, 1.82) is 0 Å². The number of ether oxygens (including phenoxy) is 1. The normalized spacial score (nSPS) is 13.0. The summed E-state index contributed by atoms with van der Waals surface area (Å²) in [6, 6.07) is 0. The van der Waals surface area contributed by atoms with Gasteiger partial charge in [-0.1, -0.05) is 13.8 Å². The highest BCUT2D eigenvalue weighted by molar-refractivity contribution is 5.73. The molecule has 0 aliphatic rings. The molecule has 112 valence electrons. The molecule has 2 N–H and O–H groups in total. The molecule has 0 saturated heterocycles. The van der Waals surface area contributed by atoms with E-state index in [9.17, 15) is 14.7 Å². The van der Waals surface area contributed by atoms with Crippen LogP contribution in [-0.4, -0.2) is 28.9 Å². The van der Waals surface area contributed by atoms with Crippen LogP contribution >= 0.6 is 0 Å². The number of hydroxylamine groups is 1. The van der Waals surface area contributed by atoms with E-state index in [2.05, 4.69) is 4.84 Å². The molecule has 0 aromatic carbocycles. The fourth-order valence-corrected chi connectivity index (χ4v) is 1.26. The molecule has 6 heteroatoms. The Balaban J connectivity index is 3.83. The van der Waals surface area contributed by atoms with Gasteiger partial charge in [-0.25, -0.2) is 9.59 Å². The van der Waals surface area contributed by atoms with Crippen molar-refractivity contribution in [1.82, 2.24) is 5.48 Å². The summed E-state index contributed by atoms with van der Waals surface area (Å²) in [5.41, 5.74) is 1.23. The van der Waals surface area contributed by atoms with Crippen molar-refractivity contribution >= 4 is 12.1 Å². The smallest absolute Gasteiger partial charge is 0.441 e. The van der Waals surface area contributed by atoms with Gasteiger partial charge in [0.25, 0.3) is 0 Å². The zero-order valence-corrected chi connectivity index (χ0v) is 12.4. The van der Waals surface area contributed by atoms with Gasteiger partial charge in [0.05, 0.1) is 12.5 Å². The van der Waals surface area contributed by atoms with Crippen LogP contribution in [0.5, 0.6) is 0 Å². The molecule has 0 radical (unpaired) electrons. The van der Waals surface area contributed by atoms with Crippen LogP contribution in [-0.2, 0) is 14.4 Å². The molecule has 0 bridgehead atoms. The summed E-state index contributed by atoms with van der Waals surface area (Å²) in [5, 5.41) is 9.58. The Morgan fingerprint density at radius 1 is 1.21 bits per heavy atom. The highest BCUT2D eigenvalue weighted by Crippen LogP contribution is 2.10. The zero-order chi connectivity index (χ0) is 15.1. The van der Waals surface area contributed by atoms with Crippen LogP contribution in [0.1, 0.15) is 53.9 Å². The number of hydrogen-bond acceptors (Lipinski definition) is 5. The van der Waals surface area contributed by atoms with E-state index in [-0.39, 0.29) is 6.42 Å². The third kappa shape index (κ3) is 11.5. The summed E-state index contributed by atoms with van der Waals surface area (Å²) in [6.07, 6.45) is -0.386. The fraction of sp³-hybridized carbons (Fsp3) is 0.846. The van der Waals surface area contributed by atoms with Crippen LogP contribution in [0.4, 0.5) is 4.79 Å². The molecular formula is C13H25NO5. The van der Waals surface area contributed by atoms with Crippen LogP contribution in [0.15, 0.2) is 0 Å². The first kappa shape index (κ1) is 17.7. The molecule has 0 unspecified atom stereocenters. The predicted molar refractivity (Wildman–Crippen MR) is 70.2 cm³/mol. The number of carbonyl (C=O) groups is 2. The van der Waals surface area contributed by atoms with E-state index in [1.165, 1.54) is 0 Å². The minimum absolute atomic E-state index is 0.150. The molecule has 1 atom stereocenters. The maximum absolute atomic E-state index is 11.3. The Bertz CT molecular complexity index is 296. The molecule has 0 saturated carbocycles. The number of aliphatic hydroxyl groups is 1. The molecule has 0 aliphatic carbocycles. The molecule has 0 spiro atoms. The Labute approximate surface area is 114 Å². The number of aliphatic hydroxyl groups excluding tert-OH is 1. The topological polar surface area (TPSA) is 84.9 Å². The average Bonchev–Trinajstić information content (AvgIpc) is 2.21. The Kier molecular flexibility index (Phi) is 7.44. The molecule has 0 aliphatic heterocycles. The molecule has 1 amide bonds. The highest BCUT2D eigenvalue weighted by atomic mass is 16.7. The minimum atomic E-state index is -0.836. The van der Waals surface area contributed by atoms with Gasteiger partial charge >= 0.3 is 12.1 Å². The summed E-state index contributed by atoms with van der Waals surface area (Å²) in [5.74, 6) is -0.229. The Morgan fingerprint density at radius 2 is 1.79 bits per heavy atom. The second kappa shape index (κ2) is 7.99. The first-order chi connectivity index (χ1) is 8.60. The van der Waals surface area contributed by atoms with Crippen LogP contribution in [0.3, 0.4) is 0 Å². The van der Waals surface area contributed by atoms with Gasteiger partial charge in [0.1, 0.15) is 5.60 Å². The number of rotatable bonds is 5. The van der Waals surface area contributed by atoms with E-state index >= 15 is 0 Å². The predicted octanol–water partition coefficient (Wildman–Crippen LogP) is 2.16. The Morgan fingerprint density at radius 3 is 2.26 bits per heavy atom. The molecule has 0 heterocycles. The molecule has 0 aromatic heterocycles. The third-order valence-corrected chi connectivity index (χ3v) is 2.13. The molecule has 0 fully saturated rings. The average molecular weight is 275 g/mol. The first-order valence-electron chi connectivity index (χ1n) is 6.47. The van der Waals surface area contributed by atoms with E-state index in [1.807, 2.05) is 19.3 Å². The standard InChI is InChI=1S/C13H25NO5/c1-9(2)6-7-10(15)8-11(16)19-14-12(17)18-13(3,4)5/h9-10,15H,6-8H2,1-5H3,(H,14,17)/t10-/m0/s1. The lowest BCUT2D eigenvalue weighted by molar-refractivity contribution is -0.152. The van der Waals surface area contributed by atoms with Crippen LogP contribution in [0.2, 0.25) is 0 Å². The lowest BCUT2D eigenvalue weighted by Gasteiger charge is -2.19. The quantitative estimate of drug-likeness (QED) is 0.751. The lowest BCUT2D eigenvalue weighted by atomic mass is 10.0. The van der Waals surface area contributed by atoms with Gasteiger partial charge in [-0.3, -0.25) is 0 Å². The molecule has 0 aromatic rings. The van der Waals surface area contributed by atoms with Gasteiger partial charge in [0.2, 0.25) is 0 Å². The van der Waals surface area contributed by atoms with Crippen molar-refractivity contribution in [2.45, 2.75) is 65.6 Å². The van der Waals surface area contributed by atoms with Crippen LogP contribution < -0.4 is 5.48 Å². The van der Waals surface area contributed by atoms with Crippen LogP contribution in [0.25, 0.3) is 0 Å². The fourth-order valence-electron chi connectivity index (χ4n) is 1.26. The van der Waals surface area contributed by atoms with Gasteiger partial charge in [0.15, 0.2) is 0 Å². The number of amides is 1. The van der Waals surface area contributed by atoms with E-state index < -0.39 is 23.8 Å². The highest BCUT2D eigenvalue weighted by Gasteiger charge is 2.18. The molecule has 0 rings (SSSR count). The summed E-state index contributed by atoms with van der Waals surface area (Å²) in [7, 11) is 0. The molecule has 19 heavy (non-hydrogen) atoms. The number of carbonyl (C=O) groups excluding carboxylic acids is 2. The summed E-state index contributed by atoms with van der Waals surface area (Å²) >= 11 is 0. The van der Waals surface area contributed by atoms with Crippen molar-refractivity contribution in [3.8, 4) is 0 Å². The van der Waals surface area contributed by atoms with Gasteiger partial charge < -0.3 is 14.7 Å². The van der Waals surface area contributed by atoms with Gasteiger partial charge in [-0.15, -0.1) is 5.48 Å². The summed E-state index contributed by atoms with van der Waals surface area (Å²) in [4.78, 5) is 27.0. The largest absolute Gasteiger partial charge is 0.442 e. The van der Waals surface area contributed by atoms with Crippen molar-refractivity contribution in [2.24, 2.45) is 5.92 Å². The van der Waals surface area contributed by atoms with Crippen molar-refractivity contribution in [3.05, 3.63) is 0 Å². The molecular weight excluding hydrogens is 250 g/mol. The summed E-state index contributed by atoms with van der Waals surface area (Å²) < 4.78 is 4.88.